The second-order valence-corrected chi connectivity index (χ2v) is 5.46. The van der Waals surface area contributed by atoms with Crippen LogP contribution in [0.15, 0.2) is 42.5 Å². The summed E-state index contributed by atoms with van der Waals surface area (Å²) >= 11 is 0. The molecule has 2 aromatic rings. The van der Waals surface area contributed by atoms with Crippen molar-refractivity contribution in [1.82, 2.24) is 5.32 Å². The normalized spacial score (nSPS) is 19.0. The summed E-state index contributed by atoms with van der Waals surface area (Å²) < 4.78 is 0. The quantitative estimate of drug-likeness (QED) is 0.654. The maximum Gasteiger partial charge on any atom is 0.157 e. The van der Waals surface area contributed by atoms with E-state index in [4.69, 9.17) is 0 Å². The van der Waals surface area contributed by atoms with E-state index >= 15 is 0 Å². The molecule has 1 aliphatic heterocycles. The van der Waals surface area contributed by atoms with Crippen LogP contribution in [-0.4, -0.2) is 21.9 Å². The maximum absolute atomic E-state index is 10.4. The molecule has 0 saturated heterocycles. The fraction of sp³-hybridized carbons (Fsp3) is 0.294. The monoisotopic (exact) mass is 285 g/mol. The molecule has 2 unspecified atom stereocenters. The summed E-state index contributed by atoms with van der Waals surface area (Å²) in [6.45, 7) is 0.795. The van der Waals surface area contributed by atoms with Crippen LogP contribution in [0.1, 0.15) is 35.3 Å². The highest BCUT2D eigenvalue weighted by molar-refractivity contribution is 5.47. The van der Waals surface area contributed by atoms with Crippen molar-refractivity contribution in [1.29, 1.82) is 0 Å². The molecule has 4 nitrogen and oxygen atoms in total. The van der Waals surface area contributed by atoms with E-state index in [0.717, 1.165) is 29.7 Å². The number of rotatable bonds is 3. The Kier molecular flexibility index (Phi) is 3.82. The zero-order valence-electron chi connectivity index (χ0n) is 11.7. The Bertz CT molecular complexity index is 627. The molecular formula is C17H19NO3. The van der Waals surface area contributed by atoms with Gasteiger partial charge in [0.2, 0.25) is 0 Å². The van der Waals surface area contributed by atoms with Crippen molar-refractivity contribution in [3.63, 3.8) is 0 Å². The molecule has 21 heavy (non-hydrogen) atoms. The van der Waals surface area contributed by atoms with Gasteiger partial charge in [-0.2, -0.15) is 0 Å². The molecular weight excluding hydrogens is 266 g/mol. The van der Waals surface area contributed by atoms with Crippen molar-refractivity contribution in [2.24, 2.45) is 0 Å². The summed E-state index contributed by atoms with van der Waals surface area (Å²) in [4.78, 5) is 0. The van der Waals surface area contributed by atoms with Gasteiger partial charge in [0.05, 0.1) is 6.10 Å². The zero-order valence-corrected chi connectivity index (χ0v) is 11.7. The number of phenolic OH excluding ortho intramolecular Hbond substituents is 2. The molecule has 4 N–H and O–H groups in total. The average Bonchev–Trinajstić information content (AvgIpc) is 2.50. The second kappa shape index (κ2) is 5.76. The van der Waals surface area contributed by atoms with Crippen LogP contribution in [0.4, 0.5) is 0 Å². The predicted molar refractivity (Wildman–Crippen MR) is 80.2 cm³/mol. The molecule has 4 heteroatoms. The highest BCUT2D eigenvalue weighted by Gasteiger charge is 2.24. The Hall–Kier alpha value is -2.04. The molecule has 2 atom stereocenters. The second-order valence-electron chi connectivity index (χ2n) is 5.46. The van der Waals surface area contributed by atoms with Gasteiger partial charge in [-0.25, -0.2) is 0 Å². The van der Waals surface area contributed by atoms with E-state index in [0.29, 0.717) is 6.42 Å². The fourth-order valence-electron chi connectivity index (χ4n) is 2.91. The van der Waals surface area contributed by atoms with Gasteiger partial charge in [0.15, 0.2) is 11.5 Å². The first-order valence-corrected chi connectivity index (χ1v) is 7.16. The molecule has 0 bridgehead atoms. The van der Waals surface area contributed by atoms with Gasteiger partial charge in [-0.1, -0.05) is 30.3 Å². The standard InChI is InChI=1S/C17H19NO3/c19-15(11-4-2-1-3-5-11)10-14-13-9-17(21)16(20)8-12(13)6-7-18-14/h1-5,8-9,14-15,18-21H,6-7,10H2. The zero-order chi connectivity index (χ0) is 14.8. The van der Waals surface area contributed by atoms with Crippen LogP contribution in [-0.2, 0) is 6.42 Å². The van der Waals surface area contributed by atoms with Gasteiger partial charge < -0.3 is 20.6 Å². The topological polar surface area (TPSA) is 72.7 Å². The highest BCUT2D eigenvalue weighted by Crippen LogP contribution is 2.36. The van der Waals surface area contributed by atoms with Crippen molar-refractivity contribution >= 4 is 0 Å². The largest absolute Gasteiger partial charge is 0.504 e. The molecule has 0 aromatic heterocycles. The van der Waals surface area contributed by atoms with Gasteiger partial charge in [-0.3, -0.25) is 0 Å². The third kappa shape index (κ3) is 2.86. The summed E-state index contributed by atoms with van der Waals surface area (Å²) in [5.74, 6) is -0.199. The van der Waals surface area contributed by atoms with Crippen LogP contribution in [0.25, 0.3) is 0 Å². The highest BCUT2D eigenvalue weighted by atomic mass is 16.3. The van der Waals surface area contributed by atoms with Gasteiger partial charge in [0.1, 0.15) is 0 Å². The molecule has 0 saturated carbocycles. The first kappa shape index (κ1) is 13.9. The molecule has 2 aromatic carbocycles. The van der Waals surface area contributed by atoms with E-state index in [2.05, 4.69) is 5.32 Å². The Morgan fingerprint density at radius 2 is 1.81 bits per heavy atom. The van der Waals surface area contributed by atoms with E-state index < -0.39 is 6.10 Å². The van der Waals surface area contributed by atoms with Crippen LogP contribution in [0.3, 0.4) is 0 Å². The van der Waals surface area contributed by atoms with Crippen LogP contribution in [0, 0.1) is 0 Å². The lowest BCUT2D eigenvalue weighted by atomic mass is 9.89. The number of aliphatic hydroxyl groups is 1. The van der Waals surface area contributed by atoms with Crippen LogP contribution >= 0.6 is 0 Å². The minimum atomic E-state index is -0.564. The number of nitrogens with one attached hydrogen (secondary N) is 1. The summed E-state index contributed by atoms with van der Waals surface area (Å²) in [6.07, 6.45) is 0.771. The lowest BCUT2D eigenvalue weighted by Crippen LogP contribution is -2.31. The third-order valence-electron chi connectivity index (χ3n) is 4.04. The first-order chi connectivity index (χ1) is 10.1. The molecule has 1 heterocycles. The molecule has 0 aliphatic carbocycles. The van der Waals surface area contributed by atoms with Crippen molar-refractivity contribution in [3.05, 3.63) is 59.2 Å². The van der Waals surface area contributed by atoms with Crippen LogP contribution in [0.5, 0.6) is 11.5 Å². The van der Waals surface area contributed by atoms with E-state index in [1.165, 1.54) is 0 Å². The molecule has 0 fully saturated rings. The number of fused-ring (bicyclic) bond motifs is 1. The predicted octanol–water partition coefficient (Wildman–Crippen LogP) is 2.41. The van der Waals surface area contributed by atoms with Crippen molar-refractivity contribution in [2.75, 3.05) is 6.54 Å². The first-order valence-electron chi connectivity index (χ1n) is 7.16. The maximum atomic E-state index is 10.4. The van der Waals surface area contributed by atoms with Crippen molar-refractivity contribution < 1.29 is 15.3 Å². The average molecular weight is 285 g/mol. The van der Waals surface area contributed by atoms with Gasteiger partial charge in [-0.05, 0) is 48.2 Å². The van der Waals surface area contributed by atoms with Crippen molar-refractivity contribution in [3.8, 4) is 11.5 Å². The number of phenols is 2. The summed E-state index contributed by atoms with van der Waals surface area (Å²) in [5.41, 5.74) is 2.86. The summed E-state index contributed by atoms with van der Waals surface area (Å²) in [6, 6.07) is 12.7. The smallest absolute Gasteiger partial charge is 0.157 e. The lowest BCUT2D eigenvalue weighted by molar-refractivity contribution is 0.150. The molecule has 3 rings (SSSR count). The summed E-state index contributed by atoms with van der Waals surface area (Å²) in [5, 5.41) is 33.0. The van der Waals surface area contributed by atoms with Crippen molar-refractivity contribution in [2.45, 2.75) is 25.0 Å². The minimum absolute atomic E-state index is 0.0320. The van der Waals surface area contributed by atoms with Crippen LogP contribution in [0.2, 0.25) is 0 Å². The Labute approximate surface area is 123 Å². The third-order valence-corrected chi connectivity index (χ3v) is 4.04. The Morgan fingerprint density at radius 3 is 2.57 bits per heavy atom. The lowest BCUT2D eigenvalue weighted by Gasteiger charge is -2.29. The van der Waals surface area contributed by atoms with E-state index in [1.807, 2.05) is 30.3 Å². The van der Waals surface area contributed by atoms with E-state index in [1.54, 1.807) is 12.1 Å². The number of aromatic hydroxyl groups is 2. The molecule has 0 amide bonds. The summed E-state index contributed by atoms with van der Waals surface area (Å²) in [7, 11) is 0. The number of benzene rings is 2. The Balaban J connectivity index is 1.84. The fourth-order valence-corrected chi connectivity index (χ4v) is 2.91. The van der Waals surface area contributed by atoms with Gasteiger partial charge in [0, 0.05) is 6.04 Å². The van der Waals surface area contributed by atoms with Gasteiger partial charge >= 0.3 is 0 Å². The number of aliphatic hydroxyl groups excluding tert-OH is 1. The number of hydrogen-bond acceptors (Lipinski definition) is 4. The number of hydrogen-bond donors (Lipinski definition) is 4. The Morgan fingerprint density at radius 1 is 1.10 bits per heavy atom. The van der Waals surface area contributed by atoms with Gasteiger partial charge in [-0.15, -0.1) is 0 Å². The van der Waals surface area contributed by atoms with E-state index in [-0.39, 0.29) is 17.5 Å². The SMILES string of the molecule is Oc1cc2c(cc1O)C(CC(O)c1ccccc1)NCC2. The van der Waals surface area contributed by atoms with Gasteiger partial charge in [0.25, 0.3) is 0 Å². The molecule has 1 aliphatic rings. The molecule has 110 valence electrons. The molecule has 0 spiro atoms. The van der Waals surface area contributed by atoms with Crippen LogP contribution < -0.4 is 5.32 Å². The van der Waals surface area contributed by atoms with E-state index in [9.17, 15) is 15.3 Å². The molecule has 0 radical (unpaired) electrons. The minimum Gasteiger partial charge on any atom is -0.504 e.